The molecule has 34 heavy (non-hydrogen) atoms. The van der Waals surface area contributed by atoms with E-state index in [9.17, 15) is 4.79 Å². The molecule has 0 N–H and O–H groups in total. The lowest BCUT2D eigenvalue weighted by molar-refractivity contribution is -0.145. The van der Waals surface area contributed by atoms with Crippen molar-refractivity contribution in [2.75, 3.05) is 7.11 Å². The molecule has 3 unspecified atom stereocenters. The lowest BCUT2D eigenvalue weighted by Gasteiger charge is -2.32. The van der Waals surface area contributed by atoms with Crippen LogP contribution in [0.3, 0.4) is 0 Å². The number of fused-ring (bicyclic) bond motifs is 1. The number of rotatable bonds is 7. The van der Waals surface area contributed by atoms with E-state index in [0.717, 1.165) is 43.3 Å². The first-order chi connectivity index (χ1) is 16.6. The van der Waals surface area contributed by atoms with E-state index < -0.39 is 0 Å². The summed E-state index contributed by atoms with van der Waals surface area (Å²) >= 11 is 0. The molecule has 3 fully saturated rings. The largest absolute Gasteiger partial charge is 0.490 e. The number of carbonyl (C=O) groups is 1. The molecule has 3 saturated carbocycles. The van der Waals surface area contributed by atoms with Gasteiger partial charge in [0.25, 0.3) is 0 Å². The molecule has 3 aliphatic rings. The minimum Gasteiger partial charge on any atom is -0.490 e. The van der Waals surface area contributed by atoms with Gasteiger partial charge in [-0.3, -0.25) is 4.79 Å². The Morgan fingerprint density at radius 1 is 0.882 bits per heavy atom. The molecule has 3 heteroatoms. The Balaban J connectivity index is 1.15. The number of ether oxygens (including phenoxy) is 2. The highest BCUT2D eigenvalue weighted by Gasteiger charge is 2.33. The van der Waals surface area contributed by atoms with Crippen molar-refractivity contribution < 1.29 is 14.3 Å². The fourth-order valence-corrected chi connectivity index (χ4v) is 7.23. The van der Waals surface area contributed by atoms with Crippen molar-refractivity contribution >= 4 is 16.7 Å². The number of esters is 1. The maximum atomic E-state index is 11.9. The third-order valence-electron chi connectivity index (χ3n) is 9.33. The number of methoxy groups -OCH3 is 1. The van der Waals surface area contributed by atoms with Crippen LogP contribution in [0.25, 0.3) is 10.8 Å². The molecule has 184 valence electrons. The Labute approximate surface area is 205 Å². The minimum absolute atomic E-state index is 0.0275. The minimum atomic E-state index is -0.0275. The summed E-state index contributed by atoms with van der Waals surface area (Å²) in [6.07, 6.45) is 15.5. The molecule has 0 radical (unpaired) electrons. The number of benzene rings is 2. The SMILES string of the molecule is COC(=O)C1CCC(C(C)Cc2ccc3cc(OC4CCC(C5CCCC5)CC4)ccc3c2)C1. The van der Waals surface area contributed by atoms with E-state index in [4.69, 9.17) is 9.47 Å². The van der Waals surface area contributed by atoms with E-state index in [2.05, 4.69) is 43.3 Å². The molecule has 0 amide bonds. The van der Waals surface area contributed by atoms with Gasteiger partial charge < -0.3 is 9.47 Å². The molecule has 3 nitrogen and oxygen atoms in total. The molecular formula is C31H42O3. The van der Waals surface area contributed by atoms with Crippen LogP contribution in [0.4, 0.5) is 0 Å². The predicted octanol–water partition coefficient (Wildman–Crippen LogP) is 7.74. The van der Waals surface area contributed by atoms with Crippen LogP contribution >= 0.6 is 0 Å². The van der Waals surface area contributed by atoms with E-state index in [1.165, 1.54) is 74.8 Å². The summed E-state index contributed by atoms with van der Waals surface area (Å²) in [4.78, 5) is 11.9. The maximum Gasteiger partial charge on any atom is 0.308 e. The lowest BCUT2D eigenvalue weighted by Crippen LogP contribution is -2.27. The second kappa shape index (κ2) is 10.7. The zero-order valence-electron chi connectivity index (χ0n) is 21.1. The number of hydrogen-bond donors (Lipinski definition) is 0. The smallest absolute Gasteiger partial charge is 0.308 e. The number of hydrogen-bond acceptors (Lipinski definition) is 3. The molecule has 2 aromatic rings. The highest BCUT2D eigenvalue weighted by molar-refractivity contribution is 5.84. The number of carbonyl (C=O) groups excluding carboxylic acids is 1. The van der Waals surface area contributed by atoms with E-state index in [-0.39, 0.29) is 11.9 Å². The van der Waals surface area contributed by atoms with E-state index in [0.29, 0.717) is 17.9 Å². The van der Waals surface area contributed by atoms with Crippen LogP contribution < -0.4 is 4.74 Å². The van der Waals surface area contributed by atoms with Gasteiger partial charge in [-0.2, -0.15) is 0 Å². The van der Waals surface area contributed by atoms with Gasteiger partial charge in [0.05, 0.1) is 19.1 Å². The first-order valence-electron chi connectivity index (χ1n) is 13.9. The standard InChI is InChI=1S/C31H42O3/c1-21(25-9-10-28(19-25)31(32)33-2)17-22-7-8-27-20-30(16-13-26(27)18-22)34-29-14-11-24(12-15-29)23-5-3-4-6-23/h7-8,13,16,18,20-21,23-25,28-29H,3-6,9-12,14-15,17,19H2,1-2H3. The van der Waals surface area contributed by atoms with Crippen LogP contribution in [-0.2, 0) is 16.0 Å². The van der Waals surface area contributed by atoms with Gasteiger partial charge >= 0.3 is 5.97 Å². The second-order valence-electron chi connectivity index (χ2n) is 11.5. The van der Waals surface area contributed by atoms with Gasteiger partial charge in [-0.25, -0.2) is 0 Å². The quantitative estimate of drug-likeness (QED) is 0.395. The lowest BCUT2D eigenvalue weighted by atomic mass is 9.78. The Bertz CT molecular complexity index is 968. The van der Waals surface area contributed by atoms with Gasteiger partial charge in [-0.1, -0.05) is 56.9 Å². The van der Waals surface area contributed by atoms with Crippen LogP contribution in [0.2, 0.25) is 0 Å². The third-order valence-corrected chi connectivity index (χ3v) is 9.33. The zero-order valence-corrected chi connectivity index (χ0v) is 21.1. The van der Waals surface area contributed by atoms with Crippen molar-refractivity contribution in [2.24, 2.45) is 29.6 Å². The molecule has 3 aliphatic carbocycles. The summed E-state index contributed by atoms with van der Waals surface area (Å²) < 4.78 is 11.4. The predicted molar refractivity (Wildman–Crippen MR) is 138 cm³/mol. The van der Waals surface area contributed by atoms with Crippen LogP contribution in [0.1, 0.15) is 83.1 Å². The first-order valence-corrected chi connectivity index (χ1v) is 13.9. The van der Waals surface area contributed by atoms with Crippen LogP contribution in [-0.4, -0.2) is 19.2 Å². The average Bonchev–Trinajstić information content (AvgIpc) is 3.57. The Morgan fingerprint density at radius 3 is 2.35 bits per heavy atom. The van der Waals surface area contributed by atoms with Crippen molar-refractivity contribution in [1.29, 1.82) is 0 Å². The molecule has 0 aliphatic heterocycles. The molecular weight excluding hydrogens is 420 g/mol. The van der Waals surface area contributed by atoms with Crippen molar-refractivity contribution in [3.05, 3.63) is 42.0 Å². The van der Waals surface area contributed by atoms with Crippen molar-refractivity contribution in [3.63, 3.8) is 0 Å². The van der Waals surface area contributed by atoms with Crippen molar-refractivity contribution in [3.8, 4) is 5.75 Å². The highest BCUT2D eigenvalue weighted by Crippen LogP contribution is 2.40. The van der Waals surface area contributed by atoms with Crippen molar-refractivity contribution in [2.45, 2.75) is 90.1 Å². The van der Waals surface area contributed by atoms with Gasteiger partial charge in [-0.05, 0) is 104 Å². The normalized spacial score (nSPS) is 28.8. The monoisotopic (exact) mass is 462 g/mol. The molecule has 0 heterocycles. The van der Waals surface area contributed by atoms with Crippen LogP contribution in [0.5, 0.6) is 5.75 Å². The molecule has 0 saturated heterocycles. The third kappa shape index (κ3) is 5.44. The van der Waals surface area contributed by atoms with Gasteiger partial charge in [0, 0.05) is 0 Å². The fraction of sp³-hybridized carbons (Fsp3) is 0.645. The Kier molecular flexibility index (Phi) is 7.46. The van der Waals surface area contributed by atoms with Gasteiger partial charge in [0.1, 0.15) is 5.75 Å². The molecule has 2 aromatic carbocycles. The summed E-state index contributed by atoms with van der Waals surface area (Å²) in [6.45, 7) is 2.34. The van der Waals surface area contributed by atoms with E-state index in [1.54, 1.807) is 0 Å². The Morgan fingerprint density at radius 2 is 1.59 bits per heavy atom. The molecule has 3 atom stereocenters. The first kappa shape index (κ1) is 23.7. The molecule has 0 bridgehead atoms. The average molecular weight is 463 g/mol. The summed E-state index contributed by atoms with van der Waals surface area (Å²) in [6, 6.07) is 13.5. The zero-order chi connectivity index (χ0) is 23.5. The van der Waals surface area contributed by atoms with E-state index in [1.807, 2.05) is 0 Å². The summed E-state index contributed by atoms with van der Waals surface area (Å²) in [5, 5.41) is 2.56. The highest BCUT2D eigenvalue weighted by atomic mass is 16.5. The van der Waals surface area contributed by atoms with Crippen LogP contribution in [0.15, 0.2) is 36.4 Å². The van der Waals surface area contributed by atoms with Gasteiger partial charge in [0.2, 0.25) is 0 Å². The second-order valence-corrected chi connectivity index (χ2v) is 11.5. The molecule has 0 spiro atoms. The van der Waals surface area contributed by atoms with Gasteiger partial charge in [0.15, 0.2) is 0 Å². The topological polar surface area (TPSA) is 35.5 Å². The maximum absolute atomic E-state index is 11.9. The van der Waals surface area contributed by atoms with Gasteiger partial charge in [-0.15, -0.1) is 0 Å². The molecule has 5 rings (SSSR count). The Hall–Kier alpha value is -2.03. The van der Waals surface area contributed by atoms with E-state index >= 15 is 0 Å². The summed E-state index contributed by atoms with van der Waals surface area (Å²) in [5.74, 6) is 4.24. The fourth-order valence-electron chi connectivity index (χ4n) is 7.23. The van der Waals surface area contributed by atoms with Crippen LogP contribution in [0, 0.1) is 29.6 Å². The molecule has 0 aromatic heterocycles. The summed E-state index contributed by atoms with van der Waals surface area (Å²) in [5.41, 5.74) is 1.39. The van der Waals surface area contributed by atoms with Crippen molar-refractivity contribution in [1.82, 2.24) is 0 Å². The summed E-state index contributed by atoms with van der Waals surface area (Å²) in [7, 11) is 1.51.